The fourth-order valence-electron chi connectivity index (χ4n) is 3.99. The summed E-state index contributed by atoms with van der Waals surface area (Å²) in [6, 6.07) is 6.68. The number of carbonyl (C=O) groups is 1. The Balaban J connectivity index is 1.72. The van der Waals surface area contributed by atoms with Crippen LogP contribution in [0, 0.1) is 0 Å². The summed E-state index contributed by atoms with van der Waals surface area (Å²) in [6.07, 6.45) is 3.90. The minimum Gasteiger partial charge on any atom is -0.507 e. The minimum absolute atomic E-state index is 0.137. The number of hydrogen-bond acceptors (Lipinski definition) is 7. The van der Waals surface area contributed by atoms with Gasteiger partial charge in [0.05, 0.1) is 32.5 Å². The molecule has 0 spiro atoms. The number of Topliss-reactive ketones (excluding diaryl/α,β-unsaturated/α-hetero) is 1. The smallest absolute Gasteiger partial charge is 0.231 e. The molecule has 30 heavy (non-hydrogen) atoms. The number of nitrogens with zero attached hydrogens (tertiary/aromatic N) is 1. The number of phenolic OH excluding ortho intramolecular Hbond substituents is 1. The van der Waals surface area contributed by atoms with E-state index < -0.39 is 0 Å². The number of carbonyl (C=O) groups excluding carboxylic acids is 1. The van der Waals surface area contributed by atoms with E-state index in [1.165, 1.54) is 14.2 Å². The maximum absolute atomic E-state index is 13.0. The molecule has 0 bridgehead atoms. The zero-order valence-corrected chi connectivity index (χ0v) is 17.4. The van der Waals surface area contributed by atoms with Gasteiger partial charge in [0.1, 0.15) is 11.5 Å². The van der Waals surface area contributed by atoms with Crippen LogP contribution in [0.3, 0.4) is 0 Å². The first-order valence-corrected chi connectivity index (χ1v) is 9.87. The normalized spacial score (nSPS) is 17.2. The lowest BCUT2D eigenvalue weighted by molar-refractivity contribution is 0.101. The molecule has 4 rings (SSSR count). The molecule has 7 heteroatoms. The first kappa shape index (κ1) is 20.1. The maximum atomic E-state index is 13.0. The lowest BCUT2D eigenvalue weighted by Gasteiger charge is -2.17. The third-order valence-corrected chi connectivity index (χ3v) is 5.52. The summed E-state index contributed by atoms with van der Waals surface area (Å²) in [6.45, 7) is 2.50. The Bertz CT molecular complexity index is 1010. The summed E-state index contributed by atoms with van der Waals surface area (Å²) in [7, 11) is 4.60. The van der Waals surface area contributed by atoms with Crippen LogP contribution < -0.4 is 18.9 Å². The summed E-state index contributed by atoms with van der Waals surface area (Å²) >= 11 is 0. The summed E-state index contributed by atoms with van der Waals surface area (Å²) in [5.74, 6) is 1.90. The number of rotatable bonds is 6. The summed E-state index contributed by atoms with van der Waals surface area (Å²) in [5.41, 5.74) is 1.72. The van der Waals surface area contributed by atoms with Gasteiger partial charge in [-0.3, -0.25) is 9.69 Å². The van der Waals surface area contributed by atoms with E-state index in [2.05, 4.69) is 4.90 Å². The second-order valence-electron chi connectivity index (χ2n) is 7.29. The van der Waals surface area contributed by atoms with E-state index in [4.69, 9.17) is 18.9 Å². The van der Waals surface area contributed by atoms with Crippen molar-refractivity contribution >= 4 is 11.9 Å². The quantitative estimate of drug-likeness (QED) is 0.728. The molecule has 7 nitrogen and oxygen atoms in total. The van der Waals surface area contributed by atoms with Crippen molar-refractivity contribution in [3.05, 3.63) is 46.7 Å². The molecule has 0 radical (unpaired) electrons. The number of phenols is 1. The van der Waals surface area contributed by atoms with Crippen LogP contribution in [0.25, 0.3) is 6.08 Å². The molecule has 1 N–H and O–H groups in total. The first-order valence-electron chi connectivity index (χ1n) is 9.87. The van der Waals surface area contributed by atoms with Gasteiger partial charge in [-0.05, 0) is 56.3 Å². The molecule has 0 aliphatic carbocycles. The molecule has 0 saturated carbocycles. The van der Waals surface area contributed by atoms with Crippen LogP contribution in [-0.2, 0) is 6.54 Å². The molecule has 0 atom stereocenters. The van der Waals surface area contributed by atoms with E-state index in [1.54, 1.807) is 37.5 Å². The number of fused-ring (bicyclic) bond motifs is 1. The highest BCUT2D eigenvalue weighted by atomic mass is 16.5. The number of aromatic hydroxyl groups is 1. The molecule has 0 amide bonds. The fourth-order valence-corrected chi connectivity index (χ4v) is 3.99. The Hall–Kier alpha value is -3.19. The standard InChI is InChI=1S/C23H25NO6/c1-27-18-9-6-14(21(28-2)23(18)29-3)12-19-20(26)15-7-8-17(25)16(22(15)30-19)13-24-10-4-5-11-24/h6-9,12,25H,4-5,10-11,13H2,1-3H3/b19-12-. The fraction of sp³-hybridized carbons (Fsp3) is 0.348. The number of ether oxygens (including phenoxy) is 4. The van der Waals surface area contributed by atoms with Gasteiger partial charge in [-0.25, -0.2) is 0 Å². The molecule has 2 aromatic rings. The summed E-state index contributed by atoms with van der Waals surface area (Å²) < 4.78 is 22.2. The van der Waals surface area contributed by atoms with Gasteiger partial charge in [-0.1, -0.05) is 0 Å². The average molecular weight is 411 g/mol. The summed E-state index contributed by atoms with van der Waals surface area (Å²) in [5, 5.41) is 10.4. The minimum atomic E-state index is -0.232. The van der Waals surface area contributed by atoms with E-state index in [0.717, 1.165) is 25.9 Å². The third-order valence-electron chi connectivity index (χ3n) is 5.52. The van der Waals surface area contributed by atoms with Gasteiger partial charge in [0.25, 0.3) is 0 Å². The predicted octanol–water partition coefficient (Wildman–Crippen LogP) is 3.63. The Kier molecular flexibility index (Phi) is 5.55. The van der Waals surface area contributed by atoms with Crippen molar-refractivity contribution in [2.24, 2.45) is 0 Å². The van der Waals surface area contributed by atoms with Crippen LogP contribution in [0.1, 0.15) is 34.3 Å². The highest BCUT2D eigenvalue weighted by Crippen LogP contribution is 2.43. The van der Waals surface area contributed by atoms with Crippen LogP contribution >= 0.6 is 0 Å². The first-order chi connectivity index (χ1) is 14.6. The predicted molar refractivity (Wildman–Crippen MR) is 112 cm³/mol. The number of methoxy groups -OCH3 is 3. The number of hydrogen-bond donors (Lipinski definition) is 1. The topological polar surface area (TPSA) is 77.5 Å². The average Bonchev–Trinajstić information content (AvgIpc) is 3.38. The van der Waals surface area contributed by atoms with E-state index in [0.29, 0.717) is 46.2 Å². The van der Waals surface area contributed by atoms with Crippen molar-refractivity contribution in [2.75, 3.05) is 34.4 Å². The number of likely N-dealkylation sites (tertiary alicyclic amines) is 1. The van der Waals surface area contributed by atoms with E-state index in [1.807, 2.05) is 0 Å². The number of ketones is 1. The molecule has 2 aliphatic heterocycles. The lowest BCUT2D eigenvalue weighted by atomic mass is 10.0. The molecule has 0 aromatic heterocycles. The highest BCUT2D eigenvalue weighted by Gasteiger charge is 2.32. The van der Waals surface area contributed by atoms with Crippen LogP contribution in [0.5, 0.6) is 28.7 Å². The molecule has 1 fully saturated rings. The second kappa shape index (κ2) is 8.28. The van der Waals surface area contributed by atoms with Gasteiger partial charge in [0.2, 0.25) is 11.5 Å². The molecular formula is C23H25NO6. The Labute approximate surface area is 175 Å². The van der Waals surface area contributed by atoms with Gasteiger partial charge in [0, 0.05) is 12.1 Å². The number of benzene rings is 2. The maximum Gasteiger partial charge on any atom is 0.231 e. The molecular weight excluding hydrogens is 386 g/mol. The Morgan fingerprint density at radius 2 is 1.77 bits per heavy atom. The van der Waals surface area contributed by atoms with E-state index in [-0.39, 0.29) is 17.3 Å². The van der Waals surface area contributed by atoms with Crippen molar-refractivity contribution in [3.8, 4) is 28.7 Å². The van der Waals surface area contributed by atoms with Crippen molar-refractivity contribution in [1.29, 1.82) is 0 Å². The van der Waals surface area contributed by atoms with Gasteiger partial charge < -0.3 is 24.1 Å². The Morgan fingerprint density at radius 1 is 1.03 bits per heavy atom. The van der Waals surface area contributed by atoms with Crippen LogP contribution in [0.15, 0.2) is 30.0 Å². The SMILES string of the molecule is COc1ccc(/C=C2\Oc3c(ccc(O)c3CN3CCCC3)C2=O)c(OC)c1OC. The number of allylic oxidation sites excluding steroid dienone is 1. The lowest BCUT2D eigenvalue weighted by Crippen LogP contribution is -2.18. The zero-order valence-electron chi connectivity index (χ0n) is 17.4. The monoisotopic (exact) mass is 411 g/mol. The van der Waals surface area contributed by atoms with Crippen LogP contribution in [0.4, 0.5) is 0 Å². The van der Waals surface area contributed by atoms with Gasteiger partial charge in [-0.15, -0.1) is 0 Å². The van der Waals surface area contributed by atoms with Crippen LogP contribution in [-0.4, -0.2) is 50.2 Å². The van der Waals surface area contributed by atoms with Crippen molar-refractivity contribution < 1.29 is 28.8 Å². The highest BCUT2D eigenvalue weighted by molar-refractivity contribution is 6.15. The van der Waals surface area contributed by atoms with E-state index >= 15 is 0 Å². The molecule has 2 aliphatic rings. The molecule has 2 heterocycles. The van der Waals surface area contributed by atoms with E-state index in [9.17, 15) is 9.90 Å². The van der Waals surface area contributed by atoms with Crippen molar-refractivity contribution in [3.63, 3.8) is 0 Å². The molecule has 0 unspecified atom stereocenters. The molecule has 1 saturated heterocycles. The largest absolute Gasteiger partial charge is 0.507 e. The Morgan fingerprint density at radius 3 is 2.43 bits per heavy atom. The summed E-state index contributed by atoms with van der Waals surface area (Å²) in [4.78, 5) is 15.2. The molecule has 2 aromatic carbocycles. The molecule has 158 valence electrons. The van der Waals surface area contributed by atoms with Gasteiger partial charge in [0.15, 0.2) is 17.3 Å². The van der Waals surface area contributed by atoms with Crippen molar-refractivity contribution in [1.82, 2.24) is 4.90 Å². The van der Waals surface area contributed by atoms with Crippen LogP contribution in [0.2, 0.25) is 0 Å². The third kappa shape index (κ3) is 3.45. The van der Waals surface area contributed by atoms with Gasteiger partial charge >= 0.3 is 0 Å². The second-order valence-corrected chi connectivity index (χ2v) is 7.29. The van der Waals surface area contributed by atoms with Crippen molar-refractivity contribution in [2.45, 2.75) is 19.4 Å². The van der Waals surface area contributed by atoms with Gasteiger partial charge in [-0.2, -0.15) is 0 Å². The zero-order chi connectivity index (χ0) is 21.3.